The first-order valence-corrected chi connectivity index (χ1v) is 7.99. The quantitative estimate of drug-likeness (QED) is 0.741. The zero-order chi connectivity index (χ0) is 15.3. The summed E-state index contributed by atoms with van der Waals surface area (Å²) in [6.45, 7) is 2.45. The van der Waals surface area contributed by atoms with Gasteiger partial charge >= 0.3 is 0 Å². The van der Waals surface area contributed by atoms with Crippen LogP contribution in [0.5, 0.6) is 0 Å². The predicted octanol–water partition coefficient (Wildman–Crippen LogP) is 0.139. The Hall–Kier alpha value is -1.88. The molecule has 1 atom stereocenters. The molecule has 116 valence electrons. The Balaban J connectivity index is 1.50. The van der Waals surface area contributed by atoms with Crippen LogP contribution in [0.1, 0.15) is 11.1 Å². The van der Waals surface area contributed by atoms with Crippen molar-refractivity contribution in [3.8, 4) is 0 Å². The maximum absolute atomic E-state index is 12.4. The summed E-state index contributed by atoms with van der Waals surface area (Å²) in [6.07, 6.45) is 2.11. The van der Waals surface area contributed by atoms with E-state index in [4.69, 9.17) is 0 Å². The molecule has 2 aliphatic heterocycles. The van der Waals surface area contributed by atoms with E-state index < -0.39 is 0 Å². The van der Waals surface area contributed by atoms with Gasteiger partial charge in [0.25, 0.3) is 0 Å². The molecule has 1 aromatic rings. The molecule has 22 heavy (non-hydrogen) atoms. The highest BCUT2D eigenvalue weighted by atomic mass is 16.2. The summed E-state index contributed by atoms with van der Waals surface area (Å²) in [5.74, 6) is 0.168. The van der Waals surface area contributed by atoms with Gasteiger partial charge in [0, 0.05) is 32.7 Å². The molecule has 0 bridgehead atoms. The second-order valence-electron chi connectivity index (χ2n) is 6.62. The lowest BCUT2D eigenvalue weighted by atomic mass is 10.0. The van der Waals surface area contributed by atoms with E-state index in [0.29, 0.717) is 19.1 Å². The summed E-state index contributed by atoms with van der Waals surface area (Å²) in [5.41, 5.74) is 2.86. The molecule has 0 radical (unpaired) electrons. The first-order chi connectivity index (χ1) is 10.6. The Morgan fingerprint density at radius 1 is 1.05 bits per heavy atom. The van der Waals surface area contributed by atoms with Crippen molar-refractivity contribution < 1.29 is 9.59 Å². The number of likely N-dealkylation sites (N-methyl/N-ethyl adjacent to an activating group) is 1. The van der Waals surface area contributed by atoms with E-state index in [2.05, 4.69) is 29.2 Å². The largest absolute Gasteiger partial charge is 0.335 e. The molecule has 2 amide bonds. The second-order valence-corrected chi connectivity index (χ2v) is 6.62. The molecule has 2 saturated heterocycles. The van der Waals surface area contributed by atoms with Gasteiger partial charge in [-0.2, -0.15) is 0 Å². The van der Waals surface area contributed by atoms with Gasteiger partial charge in [-0.3, -0.25) is 14.5 Å². The molecule has 0 unspecified atom stereocenters. The molecule has 3 aliphatic rings. The molecule has 2 heterocycles. The molecule has 0 spiro atoms. The van der Waals surface area contributed by atoms with Crippen LogP contribution in [0, 0.1) is 0 Å². The van der Waals surface area contributed by atoms with Crippen molar-refractivity contribution in [2.45, 2.75) is 24.9 Å². The van der Waals surface area contributed by atoms with Crippen LogP contribution in [-0.4, -0.2) is 71.8 Å². The molecule has 0 N–H and O–H groups in total. The van der Waals surface area contributed by atoms with Crippen LogP contribution in [0.25, 0.3) is 0 Å². The van der Waals surface area contributed by atoms with Gasteiger partial charge in [-0.1, -0.05) is 24.3 Å². The van der Waals surface area contributed by atoms with Crippen LogP contribution in [0.15, 0.2) is 24.3 Å². The van der Waals surface area contributed by atoms with E-state index in [0.717, 1.165) is 19.4 Å². The van der Waals surface area contributed by atoms with Crippen molar-refractivity contribution in [3.05, 3.63) is 35.4 Å². The summed E-state index contributed by atoms with van der Waals surface area (Å²) >= 11 is 0. The Morgan fingerprint density at radius 3 is 2.41 bits per heavy atom. The van der Waals surface area contributed by atoms with Gasteiger partial charge in [0.1, 0.15) is 6.04 Å². The molecular formula is C17H21N3O2. The third kappa shape index (κ3) is 2.11. The highest BCUT2D eigenvalue weighted by Gasteiger charge is 2.43. The lowest BCUT2D eigenvalue weighted by molar-refractivity contribution is -0.158. The number of amides is 2. The lowest BCUT2D eigenvalue weighted by Crippen LogP contribution is -2.67. The van der Waals surface area contributed by atoms with Gasteiger partial charge in [-0.25, -0.2) is 0 Å². The number of carbonyl (C=O) groups excluding carboxylic acids is 2. The maximum Gasteiger partial charge on any atom is 0.246 e. The highest BCUT2D eigenvalue weighted by molar-refractivity contribution is 5.95. The molecule has 5 nitrogen and oxygen atoms in total. The van der Waals surface area contributed by atoms with Crippen LogP contribution in [-0.2, 0) is 22.4 Å². The maximum atomic E-state index is 12.4. The summed E-state index contributed by atoms with van der Waals surface area (Å²) in [4.78, 5) is 30.2. The number of benzene rings is 1. The number of fused-ring (bicyclic) bond motifs is 2. The Bertz CT molecular complexity index is 605. The fourth-order valence-corrected chi connectivity index (χ4v) is 4.07. The third-order valence-electron chi connectivity index (χ3n) is 5.31. The summed E-state index contributed by atoms with van der Waals surface area (Å²) in [6, 6.07) is 8.77. The number of piperazine rings is 2. The average molecular weight is 299 g/mol. The summed E-state index contributed by atoms with van der Waals surface area (Å²) < 4.78 is 0. The monoisotopic (exact) mass is 299 g/mol. The fraction of sp³-hybridized carbons (Fsp3) is 0.529. The van der Waals surface area contributed by atoms with E-state index in [1.54, 1.807) is 16.8 Å². The van der Waals surface area contributed by atoms with Crippen LogP contribution in [0.4, 0.5) is 0 Å². The topological polar surface area (TPSA) is 43.9 Å². The number of hydrogen-bond acceptors (Lipinski definition) is 3. The minimum Gasteiger partial charge on any atom is -0.335 e. The zero-order valence-electron chi connectivity index (χ0n) is 12.9. The molecule has 4 rings (SSSR count). The lowest BCUT2D eigenvalue weighted by Gasteiger charge is -2.46. The molecule has 0 saturated carbocycles. The smallest absolute Gasteiger partial charge is 0.246 e. The number of rotatable bonds is 1. The Labute approximate surface area is 130 Å². The summed E-state index contributed by atoms with van der Waals surface area (Å²) in [5, 5.41) is 0. The SMILES string of the molecule is CN1CC(=O)N2CCN(C3Cc4ccccc4C3)C[C@@H]2C1=O. The summed E-state index contributed by atoms with van der Waals surface area (Å²) in [7, 11) is 1.72. The van der Waals surface area contributed by atoms with E-state index >= 15 is 0 Å². The normalized spacial score (nSPS) is 26.3. The van der Waals surface area contributed by atoms with Crippen molar-refractivity contribution >= 4 is 11.8 Å². The van der Waals surface area contributed by atoms with E-state index in [-0.39, 0.29) is 24.4 Å². The van der Waals surface area contributed by atoms with Gasteiger partial charge in [0.05, 0.1) is 6.54 Å². The fourth-order valence-electron chi connectivity index (χ4n) is 4.07. The Kier molecular flexibility index (Phi) is 3.18. The first-order valence-electron chi connectivity index (χ1n) is 7.99. The van der Waals surface area contributed by atoms with Crippen molar-refractivity contribution in [3.63, 3.8) is 0 Å². The van der Waals surface area contributed by atoms with Gasteiger partial charge in [-0.15, -0.1) is 0 Å². The minimum absolute atomic E-state index is 0.0832. The van der Waals surface area contributed by atoms with Gasteiger partial charge in [-0.05, 0) is 24.0 Å². The molecule has 0 aromatic heterocycles. The van der Waals surface area contributed by atoms with Crippen molar-refractivity contribution in [1.29, 1.82) is 0 Å². The Morgan fingerprint density at radius 2 is 1.73 bits per heavy atom. The van der Waals surface area contributed by atoms with Crippen molar-refractivity contribution in [1.82, 2.24) is 14.7 Å². The van der Waals surface area contributed by atoms with E-state index in [1.165, 1.54) is 11.1 Å². The third-order valence-corrected chi connectivity index (χ3v) is 5.31. The van der Waals surface area contributed by atoms with Crippen LogP contribution in [0.2, 0.25) is 0 Å². The molecule has 2 fully saturated rings. The number of nitrogens with zero attached hydrogens (tertiary/aromatic N) is 3. The predicted molar refractivity (Wildman–Crippen MR) is 82.3 cm³/mol. The van der Waals surface area contributed by atoms with Crippen molar-refractivity contribution in [2.24, 2.45) is 0 Å². The molecule has 5 heteroatoms. The second kappa shape index (κ2) is 5.09. The zero-order valence-corrected chi connectivity index (χ0v) is 12.9. The highest BCUT2D eigenvalue weighted by Crippen LogP contribution is 2.28. The molecule has 1 aromatic carbocycles. The molecular weight excluding hydrogens is 278 g/mol. The standard InChI is InChI=1S/C17H21N3O2/c1-18-11-16(21)20-7-6-19(10-15(20)17(18)22)14-8-12-4-2-3-5-13(12)9-14/h2-5,14-15H,6-11H2,1H3/t15-/m1/s1. The van der Waals surface area contributed by atoms with Crippen LogP contribution in [0.3, 0.4) is 0 Å². The van der Waals surface area contributed by atoms with Crippen LogP contribution >= 0.6 is 0 Å². The van der Waals surface area contributed by atoms with Gasteiger partial charge in [0.2, 0.25) is 11.8 Å². The molecule has 1 aliphatic carbocycles. The average Bonchev–Trinajstić information content (AvgIpc) is 2.96. The van der Waals surface area contributed by atoms with Gasteiger partial charge in [0.15, 0.2) is 0 Å². The van der Waals surface area contributed by atoms with E-state index in [9.17, 15) is 9.59 Å². The minimum atomic E-state index is -0.288. The van der Waals surface area contributed by atoms with E-state index in [1.807, 2.05) is 0 Å². The van der Waals surface area contributed by atoms with Crippen molar-refractivity contribution in [2.75, 3.05) is 33.2 Å². The van der Waals surface area contributed by atoms with Gasteiger partial charge < -0.3 is 9.80 Å². The number of hydrogen-bond donors (Lipinski definition) is 0. The number of carbonyl (C=O) groups is 2. The van der Waals surface area contributed by atoms with Crippen LogP contribution < -0.4 is 0 Å². The first kappa shape index (κ1) is 13.8.